The Kier molecular flexibility index (Phi) is 6.28. The molecule has 1 spiro atoms. The van der Waals surface area contributed by atoms with Crippen LogP contribution in [-0.2, 0) is 20.9 Å². The van der Waals surface area contributed by atoms with Crippen LogP contribution in [0.2, 0.25) is 0 Å². The van der Waals surface area contributed by atoms with Gasteiger partial charge in [0.05, 0.1) is 24.9 Å². The molecule has 2 aliphatic rings. The van der Waals surface area contributed by atoms with Crippen LogP contribution in [-0.4, -0.2) is 48.8 Å². The number of nitrogens with one attached hydrogen (secondary N) is 1. The molecule has 0 radical (unpaired) electrons. The first kappa shape index (κ1) is 20.1. The molecule has 0 aromatic heterocycles. The number of aryl methyl sites for hydroxylation is 1. The number of rotatable bonds is 6. The molecule has 0 bridgehead atoms. The van der Waals surface area contributed by atoms with Crippen molar-refractivity contribution in [2.75, 3.05) is 31.6 Å². The lowest BCUT2D eigenvalue weighted by molar-refractivity contribution is -0.159. The summed E-state index contributed by atoms with van der Waals surface area (Å²) in [4.78, 5) is 14.7. The lowest BCUT2D eigenvalue weighted by Gasteiger charge is -2.44. The highest BCUT2D eigenvalue weighted by atomic mass is 16.6. The standard InChI is InChI=1S/C24H30N2O3/c1-19-8-10-21(11-9-19)25-23(27)17-26-14-13-24(12-5-15-29-24)22(16-26)28-18-20-6-3-2-4-7-20/h2-4,6-11,22H,5,12-18H2,1H3,(H,25,27). The SMILES string of the molecule is Cc1ccc(NC(=O)CN2CCC3(CCCO3)C(OCc3ccccc3)C2)cc1. The summed E-state index contributed by atoms with van der Waals surface area (Å²) in [5.41, 5.74) is 2.98. The van der Waals surface area contributed by atoms with Crippen molar-refractivity contribution in [3.8, 4) is 0 Å². The van der Waals surface area contributed by atoms with Crippen molar-refractivity contribution in [1.29, 1.82) is 0 Å². The Bertz CT molecular complexity index is 801. The molecular weight excluding hydrogens is 364 g/mol. The molecule has 154 valence electrons. The first-order valence-electron chi connectivity index (χ1n) is 10.5. The van der Waals surface area contributed by atoms with Gasteiger partial charge in [-0.3, -0.25) is 9.69 Å². The Morgan fingerprint density at radius 1 is 1.17 bits per heavy atom. The van der Waals surface area contributed by atoms with E-state index in [0.29, 0.717) is 19.7 Å². The van der Waals surface area contributed by atoms with Crippen LogP contribution in [0.4, 0.5) is 5.69 Å². The second kappa shape index (κ2) is 9.08. The van der Waals surface area contributed by atoms with Gasteiger partial charge in [-0.05, 0) is 43.9 Å². The predicted octanol–water partition coefficient (Wildman–Crippen LogP) is 3.77. The Balaban J connectivity index is 1.36. The van der Waals surface area contributed by atoms with E-state index < -0.39 is 0 Å². The van der Waals surface area contributed by atoms with E-state index >= 15 is 0 Å². The first-order valence-corrected chi connectivity index (χ1v) is 10.5. The van der Waals surface area contributed by atoms with Crippen LogP contribution in [0.3, 0.4) is 0 Å². The molecule has 4 rings (SSSR count). The van der Waals surface area contributed by atoms with Crippen LogP contribution in [0, 0.1) is 6.92 Å². The van der Waals surface area contributed by atoms with Crippen LogP contribution in [0.25, 0.3) is 0 Å². The summed E-state index contributed by atoms with van der Waals surface area (Å²) in [5, 5.41) is 3.00. The number of amides is 1. The third-order valence-electron chi connectivity index (χ3n) is 5.99. The fraction of sp³-hybridized carbons (Fsp3) is 0.458. The van der Waals surface area contributed by atoms with Crippen molar-refractivity contribution < 1.29 is 14.3 Å². The minimum Gasteiger partial charge on any atom is -0.372 e. The third-order valence-corrected chi connectivity index (χ3v) is 5.99. The Morgan fingerprint density at radius 3 is 2.69 bits per heavy atom. The number of benzene rings is 2. The number of hydrogen-bond donors (Lipinski definition) is 1. The van der Waals surface area contributed by atoms with Crippen LogP contribution in [0.1, 0.15) is 30.4 Å². The molecule has 5 heteroatoms. The molecular formula is C24H30N2O3. The highest BCUT2D eigenvalue weighted by molar-refractivity contribution is 5.92. The normalized spacial score (nSPS) is 24.7. The largest absolute Gasteiger partial charge is 0.372 e. The summed E-state index contributed by atoms with van der Waals surface area (Å²) >= 11 is 0. The molecule has 2 unspecified atom stereocenters. The van der Waals surface area contributed by atoms with Crippen LogP contribution < -0.4 is 5.32 Å². The first-order chi connectivity index (χ1) is 14.1. The van der Waals surface area contributed by atoms with Crippen molar-refractivity contribution >= 4 is 11.6 Å². The molecule has 2 aromatic rings. The monoisotopic (exact) mass is 394 g/mol. The van der Waals surface area contributed by atoms with Crippen molar-refractivity contribution in [3.63, 3.8) is 0 Å². The minimum absolute atomic E-state index is 0.0129. The van der Waals surface area contributed by atoms with Gasteiger partial charge in [0.25, 0.3) is 0 Å². The number of carbonyl (C=O) groups is 1. The zero-order chi connectivity index (χ0) is 20.1. The van der Waals surface area contributed by atoms with Gasteiger partial charge in [-0.25, -0.2) is 0 Å². The molecule has 2 heterocycles. The number of likely N-dealkylation sites (tertiary alicyclic amines) is 1. The van der Waals surface area contributed by atoms with Gasteiger partial charge >= 0.3 is 0 Å². The van der Waals surface area contributed by atoms with E-state index in [1.807, 2.05) is 49.4 Å². The number of carbonyl (C=O) groups excluding carboxylic acids is 1. The summed E-state index contributed by atoms with van der Waals surface area (Å²) in [6.45, 7) is 5.35. The van der Waals surface area contributed by atoms with Crippen LogP contribution >= 0.6 is 0 Å². The predicted molar refractivity (Wildman–Crippen MR) is 114 cm³/mol. The molecule has 29 heavy (non-hydrogen) atoms. The van der Waals surface area contributed by atoms with Crippen molar-refractivity contribution in [1.82, 2.24) is 4.90 Å². The topological polar surface area (TPSA) is 50.8 Å². The van der Waals surface area contributed by atoms with E-state index in [1.54, 1.807) is 0 Å². The second-order valence-corrected chi connectivity index (χ2v) is 8.20. The fourth-order valence-electron chi connectivity index (χ4n) is 4.33. The van der Waals surface area contributed by atoms with E-state index in [1.165, 1.54) is 5.56 Å². The molecule has 0 aliphatic carbocycles. The molecule has 2 atom stereocenters. The number of anilines is 1. The zero-order valence-electron chi connectivity index (χ0n) is 17.1. The lowest BCUT2D eigenvalue weighted by Crippen LogP contribution is -2.57. The van der Waals surface area contributed by atoms with E-state index in [-0.39, 0.29) is 17.6 Å². The van der Waals surface area contributed by atoms with Gasteiger partial charge in [-0.2, -0.15) is 0 Å². The summed E-state index contributed by atoms with van der Waals surface area (Å²) in [6.07, 6.45) is 3.00. The summed E-state index contributed by atoms with van der Waals surface area (Å²) in [5.74, 6) is 0.0129. The van der Waals surface area contributed by atoms with E-state index in [4.69, 9.17) is 9.47 Å². The van der Waals surface area contributed by atoms with Gasteiger partial charge in [0, 0.05) is 25.4 Å². The summed E-state index contributed by atoms with van der Waals surface area (Å²) in [6, 6.07) is 18.1. The van der Waals surface area contributed by atoms with Gasteiger partial charge < -0.3 is 14.8 Å². The van der Waals surface area contributed by atoms with Crippen molar-refractivity contribution in [2.45, 2.75) is 44.5 Å². The maximum atomic E-state index is 12.5. The molecule has 0 saturated carbocycles. The summed E-state index contributed by atoms with van der Waals surface area (Å²) in [7, 11) is 0. The van der Waals surface area contributed by atoms with Crippen molar-refractivity contribution in [3.05, 3.63) is 65.7 Å². The maximum Gasteiger partial charge on any atom is 0.238 e. The van der Waals surface area contributed by atoms with Gasteiger partial charge in [0.2, 0.25) is 5.91 Å². The number of hydrogen-bond acceptors (Lipinski definition) is 4. The molecule has 2 saturated heterocycles. The molecule has 2 aliphatic heterocycles. The van der Waals surface area contributed by atoms with E-state index in [9.17, 15) is 4.79 Å². The van der Waals surface area contributed by atoms with Crippen molar-refractivity contribution in [2.24, 2.45) is 0 Å². The Labute approximate surface area is 173 Å². The Morgan fingerprint density at radius 2 is 1.97 bits per heavy atom. The molecule has 5 nitrogen and oxygen atoms in total. The number of ether oxygens (including phenoxy) is 2. The fourth-order valence-corrected chi connectivity index (χ4v) is 4.33. The molecule has 1 amide bonds. The highest BCUT2D eigenvalue weighted by Crippen LogP contribution is 2.38. The van der Waals surface area contributed by atoms with Gasteiger partial charge in [0.1, 0.15) is 0 Å². The zero-order valence-corrected chi connectivity index (χ0v) is 17.1. The third kappa shape index (κ3) is 5.04. The van der Waals surface area contributed by atoms with E-state index in [0.717, 1.165) is 43.7 Å². The molecule has 2 fully saturated rings. The van der Waals surface area contributed by atoms with E-state index in [2.05, 4.69) is 22.3 Å². The Hall–Kier alpha value is -2.21. The number of nitrogens with zero attached hydrogens (tertiary/aromatic N) is 1. The number of piperidine rings is 1. The van der Waals surface area contributed by atoms with Gasteiger partial charge in [0.15, 0.2) is 0 Å². The second-order valence-electron chi connectivity index (χ2n) is 8.20. The quantitative estimate of drug-likeness (QED) is 0.810. The minimum atomic E-state index is -0.196. The molecule has 2 aromatic carbocycles. The van der Waals surface area contributed by atoms with Gasteiger partial charge in [-0.15, -0.1) is 0 Å². The highest BCUT2D eigenvalue weighted by Gasteiger charge is 2.47. The lowest BCUT2D eigenvalue weighted by atomic mass is 9.85. The smallest absolute Gasteiger partial charge is 0.238 e. The van der Waals surface area contributed by atoms with Gasteiger partial charge in [-0.1, -0.05) is 48.0 Å². The average molecular weight is 395 g/mol. The molecule has 1 N–H and O–H groups in total. The average Bonchev–Trinajstić information content (AvgIpc) is 3.20. The van der Waals surface area contributed by atoms with Crippen LogP contribution in [0.5, 0.6) is 0 Å². The maximum absolute atomic E-state index is 12.5. The summed E-state index contributed by atoms with van der Waals surface area (Å²) < 4.78 is 12.5. The van der Waals surface area contributed by atoms with Crippen LogP contribution in [0.15, 0.2) is 54.6 Å².